The van der Waals surface area contributed by atoms with Crippen molar-refractivity contribution in [3.8, 4) is 5.75 Å². The standard InChI is InChI=1S/C6H7ClN2.C6H3N3O7/c1-8-5-3-2-4-9-6(5)7;10-6-4(8(13)14)1-3(7(11)12)2-5(6)9(15)16/h2-4,8H,1H3;1-2,10H. The highest BCUT2D eigenvalue weighted by Crippen LogP contribution is 2.38. The average Bonchev–Trinajstić information content (AvgIpc) is 2.55. The molecule has 0 fully saturated rings. The molecule has 132 valence electrons. The molecule has 1 aromatic heterocycles. The summed E-state index contributed by atoms with van der Waals surface area (Å²) >= 11 is 5.65. The molecule has 0 saturated carbocycles. The van der Waals surface area contributed by atoms with Gasteiger partial charge in [-0.15, -0.1) is 0 Å². The SMILES string of the molecule is CNc1cccnc1Cl.O=[N+]([O-])c1cc([N+](=O)[O-])c(O)c([N+](=O)[O-])c1. The summed E-state index contributed by atoms with van der Waals surface area (Å²) in [7, 11) is 1.81. The molecule has 0 radical (unpaired) electrons. The number of nitrogens with zero attached hydrogens (tertiary/aromatic N) is 4. The summed E-state index contributed by atoms with van der Waals surface area (Å²) in [4.78, 5) is 31.6. The molecule has 1 aromatic carbocycles. The molecule has 0 aliphatic rings. The highest BCUT2D eigenvalue weighted by molar-refractivity contribution is 6.31. The Bertz CT molecular complexity index is 794. The van der Waals surface area contributed by atoms with Gasteiger partial charge in [0.1, 0.15) is 0 Å². The normalized spacial score (nSPS) is 9.52. The number of nitro benzene ring substituents is 3. The van der Waals surface area contributed by atoms with E-state index >= 15 is 0 Å². The second kappa shape index (κ2) is 8.35. The van der Waals surface area contributed by atoms with Crippen molar-refractivity contribution < 1.29 is 19.9 Å². The molecular formula is C12H10ClN5O7. The van der Waals surface area contributed by atoms with E-state index in [1.54, 1.807) is 6.20 Å². The van der Waals surface area contributed by atoms with Crippen LogP contribution in [0.1, 0.15) is 0 Å². The van der Waals surface area contributed by atoms with Gasteiger partial charge in [0, 0.05) is 13.2 Å². The minimum absolute atomic E-state index is 0.447. The Kier molecular flexibility index (Phi) is 6.52. The fourth-order valence-electron chi connectivity index (χ4n) is 1.55. The molecule has 0 saturated heterocycles. The lowest BCUT2D eigenvalue weighted by Crippen LogP contribution is -1.97. The first kappa shape index (κ1) is 19.5. The molecule has 25 heavy (non-hydrogen) atoms. The van der Waals surface area contributed by atoms with E-state index in [1.165, 1.54) is 0 Å². The fraction of sp³-hybridized carbons (Fsp3) is 0.0833. The van der Waals surface area contributed by atoms with Crippen molar-refractivity contribution in [3.05, 3.63) is 66.0 Å². The van der Waals surface area contributed by atoms with Crippen molar-refractivity contribution >= 4 is 34.4 Å². The molecule has 0 aliphatic heterocycles. The maximum atomic E-state index is 10.4. The summed E-state index contributed by atoms with van der Waals surface area (Å²) < 4.78 is 0. The number of aromatic hydroxyl groups is 1. The molecule has 2 aromatic rings. The third kappa shape index (κ3) is 4.97. The average molecular weight is 372 g/mol. The summed E-state index contributed by atoms with van der Waals surface area (Å²) in [5.74, 6) is -1.21. The molecule has 0 bridgehead atoms. The number of pyridine rings is 1. The predicted octanol–water partition coefficient (Wildman–Crippen LogP) is 2.89. The van der Waals surface area contributed by atoms with Crippen LogP contribution in [0.2, 0.25) is 5.15 Å². The number of phenols is 1. The van der Waals surface area contributed by atoms with Gasteiger partial charge >= 0.3 is 11.4 Å². The number of nitrogens with one attached hydrogen (secondary N) is 1. The van der Waals surface area contributed by atoms with E-state index in [2.05, 4.69) is 10.3 Å². The van der Waals surface area contributed by atoms with Crippen LogP contribution < -0.4 is 5.32 Å². The molecule has 0 aliphatic carbocycles. The van der Waals surface area contributed by atoms with Crippen LogP contribution in [0, 0.1) is 30.3 Å². The number of aromatic nitrogens is 1. The topological polar surface area (TPSA) is 175 Å². The second-order valence-corrected chi connectivity index (χ2v) is 4.55. The highest BCUT2D eigenvalue weighted by Gasteiger charge is 2.30. The minimum atomic E-state index is -1.21. The van der Waals surface area contributed by atoms with E-state index in [0.29, 0.717) is 17.3 Å². The Balaban J connectivity index is 0.000000293. The number of hydrogen-bond acceptors (Lipinski definition) is 9. The smallest absolute Gasteiger partial charge is 0.324 e. The number of rotatable bonds is 4. The first-order chi connectivity index (χ1) is 11.7. The lowest BCUT2D eigenvalue weighted by Gasteiger charge is -1.98. The van der Waals surface area contributed by atoms with Crippen LogP contribution in [-0.2, 0) is 0 Å². The van der Waals surface area contributed by atoms with E-state index in [-0.39, 0.29) is 0 Å². The number of benzene rings is 1. The summed E-state index contributed by atoms with van der Waals surface area (Å²) in [6, 6.07) is 4.59. The molecule has 0 spiro atoms. The molecule has 12 nitrogen and oxygen atoms in total. The van der Waals surface area contributed by atoms with E-state index < -0.39 is 37.6 Å². The predicted molar refractivity (Wildman–Crippen MR) is 86.9 cm³/mol. The van der Waals surface area contributed by atoms with Crippen molar-refractivity contribution in [3.63, 3.8) is 0 Å². The third-order valence-corrected chi connectivity index (χ3v) is 2.99. The number of nitro groups is 3. The van der Waals surface area contributed by atoms with E-state index in [0.717, 1.165) is 5.69 Å². The summed E-state index contributed by atoms with van der Waals surface area (Å²) in [6.45, 7) is 0. The van der Waals surface area contributed by atoms with Gasteiger partial charge in [0.05, 0.1) is 32.6 Å². The van der Waals surface area contributed by atoms with E-state index in [1.807, 2.05) is 19.2 Å². The maximum absolute atomic E-state index is 10.4. The van der Waals surface area contributed by atoms with Crippen molar-refractivity contribution in [1.29, 1.82) is 0 Å². The quantitative estimate of drug-likeness (QED) is 0.464. The van der Waals surface area contributed by atoms with Crippen molar-refractivity contribution in [2.24, 2.45) is 0 Å². The first-order valence-electron chi connectivity index (χ1n) is 6.27. The molecule has 0 atom stereocenters. The number of hydrogen-bond donors (Lipinski definition) is 2. The Morgan fingerprint density at radius 2 is 1.60 bits per heavy atom. The molecule has 2 rings (SSSR count). The van der Waals surface area contributed by atoms with Gasteiger partial charge in [0.2, 0.25) is 0 Å². The molecule has 0 amide bonds. The molecule has 1 heterocycles. The zero-order valence-electron chi connectivity index (χ0n) is 12.5. The van der Waals surface area contributed by atoms with Crippen LogP contribution in [0.3, 0.4) is 0 Å². The Labute approximate surface area is 144 Å². The van der Waals surface area contributed by atoms with Gasteiger partial charge in [-0.1, -0.05) is 11.6 Å². The minimum Gasteiger partial charge on any atom is -0.497 e. The molecule has 2 N–H and O–H groups in total. The lowest BCUT2D eigenvalue weighted by atomic mass is 10.2. The largest absolute Gasteiger partial charge is 0.497 e. The van der Waals surface area contributed by atoms with E-state index in [4.69, 9.17) is 16.7 Å². The summed E-state index contributed by atoms with van der Waals surface area (Å²) in [6.07, 6.45) is 1.66. The van der Waals surface area contributed by atoms with Crippen LogP contribution in [0.15, 0.2) is 30.5 Å². The molecule has 0 unspecified atom stereocenters. The fourth-order valence-corrected chi connectivity index (χ4v) is 1.76. The highest BCUT2D eigenvalue weighted by atomic mass is 35.5. The van der Waals surface area contributed by atoms with Crippen molar-refractivity contribution in [2.45, 2.75) is 0 Å². The van der Waals surface area contributed by atoms with E-state index in [9.17, 15) is 30.3 Å². The van der Waals surface area contributed by atoms with Crippen LogP contribution in [0.4, 0.5) is 22.7 Å². The van der Waals surface area contributed by atoms with Crippen molar-refractivity contribution in [1.82, 2.24) is 4.98 Å². The summed E-state index contributed by atoms with van der Waals surface area (Å²) in [5.41, 5.74) is -2.14. The number of non-ortho nitro benzene ring substituents is 1. The zero-order chi connectivity index (χ0) is 19.1. The van der Waals surface area contributed by atoms with Crippen LogP contribution in [-0.4, -0.2) is 31.9 Å². The third-order valence-electron chi connectivity index (χ3n) is 2.69. The maximum Gasteiger partial charge on any atom is 0.324 e. The Morgan fingerprint density at radius 1 is 1.08 bits per heavy atom. The number of halogens is 1. The van der Waals surface area contributed by atoms with Gasteiger partial charge in [-0.25, -0.2) is 4.98 Å². The van der Waals surface area contributed by atoms with Crippen molar-refractivity contribution in [2.75, 3.05) is 12.4 Å². The van der Waals surface area contributed by atoms with Gasteiger partial charge in [-0.3, -0.25) is 30.3 Å². The van der Waals surface area contributed by atoms with Gasteiger partial charge in [0.25, 0.3) is 11.4 Å². The van der Waals surface area contributed by atoms with Crippen LogP contribution in [0.25, 0.3) is 0 Å². The second-order valence-electron chi connectivity index (χ2n) is 4.20. The zero-order valence-corrected chi connectivity index (χ0v) is 13.2. The molecule has 13 heteroatoms. The number of phenolic OH excluding ortho intramolecular Hbond substituents is 1. The van der Waals surface area contributed by atoms with Gasteiger partial charge < -0.3 is 10.4 Å². The van der Waals surface area contributed by atoms with Gasteiger partial charge in [-0.2, -0.15) is 0 Å². The Morgan fingerprint density at radius 3 is 1.92 bits per heavy atom. The summed E-state index contributed by atoms with van der Waals surface area (Å²) in [5, 5.41) is 43.6. The number of anilines is 1. The van der Waals surface area contributed by atoms with Gasteiger partial charge in [-0.05, 0) is 12.1 Å². The van der Waals surface area contributed by atoms with Crippen LogP contribution >= 0.6 is 11.6 Å². The Hall–Kier alpha value is -3.54. The lowest BCUT2D eigenvalue weighted by molar-refractivity contribution is -0.404. The van der Waals surface area contributed by atoms with Gasteiger partial charge in [0.15, 0.2) is 5.15 Å². The molecular weight excluding hydrogens is 362 g/mol. The van der Waals surface area contributed by atoms with Crippen LogP contribution in [0.5, 0.6) is 5.75 Å². The monoisotopic (exact) mass is 371 g/mol. The first-order valence-corrected chi connectivity index (χ1v) is 6.65.